The van der Waals surface area contributed by atoms with Crippen LogP contribution in [0.2, 0.25) is 0 Å². The monoisotopic (exact) mass is 261 g/mol. The van der Waals surface area contributed by atoms with E-state index in [0.717, 1.165) is 0 Å². The molecular weight excluding hydrogens is 249 g/mol. The van der Waals surface area contributed by atoms with Crippen LogP contribution in [0.4, 0.5) is 15.9 Å². The molecule has 6 heteroatoms. The molecule has 0 spiro atoms. The van der Waals surface area contributed by atoms with Crippen molar-refractivity contribution in [2.45, 2.75) is 13.3 Å². The molecule has 0 unspecified atom stereocenters. The van der Waals surface area contributed by atoms with E-state index in [1.165, 1.54) is 18.2 Å². The third kappa shape index (κ3) is 3.25. The van der Waals surface area contributed by atoms with Crippen LogP contribution < -0.4 is 5.32 Å². The average Bonchev–Trinajstić information content (AvgIpc) is 2.38. The zero-order valence-electron chi connectivity index (χ0n) is 10.2. The van der Waals surface area contributed by atoms with Gasteiger partial charge in [-0.15, -0.1) is 0 Å². The Balaban J connectivity index is 2.34. The van der Waals surface area contributed by atoms with Gasteiger partial charge in [0.15, 0.2) is 5.69 Å². The van der Waals surface area contributed by atoms with Crippen LogP contribution >= 0.6 is 0 Å². The van der Waals surface area contributed by atoms with E-state index in [9.17, 15) is 9.18 Å². The summed E-state index contributed by atoms with van der Waals surface area (Å²) in [6.07, 6.45) is 0.513. The fourth-order valence-electron chi connectivity index (χ4n) is 1.54. The van der Waals surface area contributed by atoms with Gasteiger partial charge in [-0.05, 0) is 18.2 Å². The topological polar surface area (TPSA) is 75.1 Å². The van der Waals surface area contributed by atoms with Crippen molar-refractivity contribution in [1.82, 2.24) is 9.97 Å². The summed E-state index contributed by atoms with van der Waals surface area (Å²) in [6, 6.07) is 7.15. The third-order valence-corrected chi connectivity index (χ3v) is 2.40. The third-order valence-electron chi connectivity index (χ3n) is 2.40. The van der Waals surface area contributed by atoms with E-state index < -0.39 is 5.97 Å². The largest absolute Gasteiger partial charge is 0.477 e. The number of nitrogens with zero attached hydrogens (tertiary/aromatic N) is 2. The van der Waals surface area contributed by atoms with Crippen LogP contribution in [0.3, 0.4) is 0 Å². The van der Waals surface area contributed by atoms with Crippen molar-refractivity contribution in [3.63, 3.8) is 0 Å². The molecule has 2 aromatic rings. The second-order valence-corrected chi connectivity index (χ2v) is 3.85. The van der Waals surface area contributed by atoms with Crippen molar-refractivity contribution in [3.8, 4) is 0 Å². The average molecular weight is 261 g/mol. The Hall–Kier alpha value is -2.50. The molecule has 0 aliphatic rings. The molecule has 2 N–H and O–H groups in total. The zero-order chi connectivity index (χ0) is 13.8. The molecule has 1 heterocycles. The van der Waals surface area contributed by atoms with E-state index in [1.54, 1.807) is 12.1 Å². The zero-order valence-corrected chi connectivity index (χ0v) is 10.2. The number of aromatic nitrogens is 2. The minimum Gasteiger partial charge on any atom is -0.477 e. The number of aromatic carboxylic acids is 1. The first-order valence-corrected chi connectivity index (χ1v) is 5.72. The number of carboxylic acid groups (broad SMARTS) is 1. The Kier molecular flexibility index (Phi) is 3.70. The lowest BCUT2D eigenvalue weighted by Crippen LogP contribution is -2.07. The van der Waals surface area contributed by atoms with Crippen LogP contribution in [0, 0.1) is 5.82 Å². The van der Waals surface area contributed by atoms with Gasteiger partial charge in [0.25, 0.3) is 0 Å². The summed E-state index contributed by atoms with van der Waals surface area (Å²) in [4.78, 5) is 19.0. The van der Waals surface area contributed by atoms with Crippen molar-refractivity contribution in [2.75, 3.05) is 5.32 Å². The minimum atomic E-state index is -1.13. The van der Waals surface area contributed by atoms with Crippen LogP contribution in [-0.4, -0.2) is 21.0 Å². The van der Waals surface area contributed by atoms with Crippen molar-refractivity contribution in [2.24, 2.45) is 0 Å². The summed E-state index contributed by atoms with van der Waals surface area (Å²) in [7, 11) is 0. The van der Waals surface area contributed by atoms with Gasteiger partial charge in [0.2, 0.25) is 0 Å². The summed E-state index contributed by atoms with van der Waals surface area (Å²) >= 11 is 0. The van der Waals surface area contributed by atoms with E-state index in [1.807, 2.05) is 6.92 Å². The lowest BCUT2D eigenvalue weighted by molar-refractivity contribution is 0.0690. The van der Waals surface area contributed by atoms with Crippen LogP contribution in [0.5, 0.6) is 0 Å². The molecule has 0 bridgehead atoms. The molecule has 2 rings (SSSR count). The molecule has 0 aliphatic heterocycles. The van der Waals surface area contributed by atoms with Crippen LogP contribution in [-0.2, 0) is 6.42 Å². The first-order valence-electron chi connectivity index (χ1n) is 5.72. The van der Waals surface area contributed by atoms with Gasteiger partial charge in [0.05, 0.1) is 0 Å². The predicted octanol–water partition coefficient (Wildman–Crippen LogP) is 2.62. The smallest absolute Gasteiger partial charge is 0.354 e. The molecule has 0 saturated carbocycles. The minimum absolute atomic E-state index is 0.0919. The Morgan fingerprint density at radius 3 is 2.79 bits per heavy atom. The summed E-state index contributed by atoms with van der Waals surface area (Å²) in [6.45, 7) is 1.83. The SMILES string of the molecule is CCc1nc(Nc2cccc(F)c2)cc(C(=O)O)n1. The lowest BCUT2D eigenvalue weighted by atomic mass is 10.3. The van der Waals surface area contributed by atoms with Crippen LogP contribution in [0.1, 0.15) is 23.2 Å². The molecular formula is C13H12FN3O2. The Bertz CT molecular complexity index is 617. The Morgan fingerprint density at radius 1 is 1.37 bits per heavy atom. The van der Waals surface area contributed by atoms with Gasteiger partial charge >= 0.3 is 5.97 Å². The quantitative estimate of drug-likeness (QED) is 0.884. The molecule has 0 aliphatic carbocycles. The number of benzene rings is 1. The second-order valence-electron chi connectivity index (χ2n) is 3.85. The first-order chi connectivity index (χ1) is 9.08. The van der Waals surface area contributed by atoms with Crippen molar-refractivity contribution in [1.29, 1.82) is 0 Å². The number of aryl methyl sites for hydroxylation is 1. The van der Waals surface area contributed by atoms with Gasteiger partial charge in [-0.2, -0.15) is 0 Å². The fourth-order valence-corrected chi connectivity index (χ4v) is 1.54. The fraction of sp³-hybridized carbons (Fsp3) is 0.154. The number of anilines is 2. The molecule has 0 amide bonds. The number of halogens is 1. The predicted molar refractivity (Wildman–Crippen MR) is 68.1 cm³/mol. The lowest BCUT2D eigenvalue weighted by Gasteiger charge is -2.07. The van der Waals surface area contributed by atoms with Gasteiger partial charge in [0.1, 0.15) is 17.5 Å². The highest BCUT2D eigenvalue weighted by atomic mass is 19.1. The van der Waals surface area contributed by atoms with E-state index in [-0.39, 0.29) is 11.5 Å². The van der Waals surface area contributed by atoms with Crippen molar-refractivity contribution >= 4 is 17.5 Å². The molecule has 19 heavy (non-hydrogen) atoms. The highest BCUT2D eigenvalue weighted by Gasteiger charge is 2.09. The molecule has 0 radical (unpaired) electrons. The number of hydrogen-bond acceptors (Lipinski definition) is 4. The summed E-state index contributed by atoms with van der Waals surface area (Å²) in [5.74, 6) is -0.763. The summed E-state index contributed by atoms with van der Waals surface area (Å²) in [5.41, 5.74) is 0.405. The Morgan fingerprint density at radius 2 is 2.16 bits per heavy atom. The highest BCUT2D eigenvalue weighted by molar-refractivity contribution is 5.86. The molecule has 0 atom stereocenters. The van der Waals surface area contributed by atoms with Gasteiger partial charge in [0, 0.05) is 18.2 Å². The maximum Gasteiger partial charge on any atom is 0.354 e. The number of carbonyl (C=O) groups is 1. The number of rotatable bonds is 4. The summed E-state index contributed by atoms with van der Waals surface area (Å²) < 4.78 is 13.1. The highest BCUT2D eigenvalue weighted by Crippen LogP contribution is 2.16. The maximum absolute atomic E-state index is 13.1. The maximum atomic E-state index is 13.1. The number of hydrogen-bond donors (Lipinski definition) is 2. The molecule has 1 aromatic heterocycles. The first kappa shape index (κ1) is 12.9. The van der Waals surface area contributed by atoms with Crippen molar-refractivity contribution < 1.29 is 14.3 Å². The Labute approximate surface area is 109 Å². The molecule has 1 aromatic carbocycles. The number of nitrogens with one attached hydrogen (secondary N) is 1. The molecule has 0 saturated heterocycles. The van der Waals surface area contributed by atoms with E-state index in [4.69, 9.17) is 5.11 Å². The van der Waals surface area contributed by atoms with Crippen LogP contribution in [0.15, 0.2) is 30.3 Å². The molecule has 98 valence electrons. The molecule has 5 nitrogen and oxygen atoms in total. The standard InChI is InChI=1S/C13H12FN3O2/c1-2-11-16-10(13(18)19)7-12(17-11)15-9-5-3-4-8(14)6-9/h3-7H,2H2,1H3,(H,18,19)(H,15,16,17). The van der Waals surface area contributed by atoms with Gasteiger partial charge in [-0.1, -0.05) is 13.0 Å². The van der Waals surface area contributed by atoms with E-state index in [0.29, 0.717) is 23.8 Å². The van der Waals surface area contributed by atoms with Crippen molar-refractivity contribution in [3.05, 3.63) is 47.7 Å². The number of carboxylic acids is 1. The van der Waals surface area contributed by atoms with Gasteiger partial charge in [-0.3, -0.25) is 0 Å². The van der Waals surface area contributed by atoms with Crippen LogP contribution in [0.25, 0.3) is 0 Å². The van der Waals surface area contributed by atoms with E-state index in [2.05, 4.69) is 15.3 Å². The second kappa shape index (κ2) is 5.43. The molecule has 0 fully saturated rings. The van der Waals surface area contributed by atoms with E-state index >= 15 is 0 Å². The summed E-state index contributed by atoms with van der Waals surface area (Å²) in [5, 5.41) is 11.8. The van der Waals surface area contributed by atoms with Gasteiger partial charge < -0.3 is 10.4 Å². The normalized spacial score (nSPS) is 10.2. The van der Waals surface area contributed by atoms with Gasteiger partial charge in [-0.25, -0.2) is 19.2 Å².